The first-order chi connectivity index (χ1) is 8.88. The monoisotopic (exact) mass is 348 g/mol. The van der Waals surface area contributed by atoms with Crippen LogP contribution in [0.15, 0.2) is 22.7 Å². The predicted octanol–water partition coefficient (Wildman–Crippen LogP) is 2.54. The molecule has 1 aromatic carbocycles. The van der Waals surface area contributed by atoms with Crippen LogP contribution in [0.2, 0.25) is 0 Å². The summed E-state index contributed by atoms with van der Waals surface area (Å²) in [7, 11) is -3.61. The summed E-state index contributed by atoms with van der Waals surface area (Å²) in [6.07, 6.45) is 1.92. The van der Waals surface area contributed by atoms with Gasteiger partial charge in [-0.25, -0.2) is 0 Å². The number of halogens is 1. The highest BCUT2D eigenvalue weighted by Gasteiger charge is 2.27. The minimum Gasteiger partial charge on any atom is -0.506 e. The molecule has 1 saturated heterocycles. The number of phenols is 1. The Bertz CT molecular complexity index is 562. The maximum Gasteiger partial charge on any atom is 0.301 e. The van der Waals surface area contributed by atoms with Crippen LogP contribution < -0.4 is 4.72 Å². The van der Waals surface area contributed by atoms with Gasteiger partial charge in [0, 0.05) is 17.6 Å². The summed E-state index contributed by atoms with van der Waals surface area (Å²) in [5, 5.41) is 9.68. The van der Waals surface area contributed by atoms with Gasteiger partial charge in [-0.05, 0) is 37.0 Å². The van der Waals surface area contributed by atoms with Crippen LogP contribution in [0.3, 0.4) is 0 Å². The van der Waals surface area contributed by atoms with Gasteiger partial charge in [-0.15, -0.1) is 0 Å². The highest BCUT2D eigenvalue weighted by molar-refractivity contribution is 9.10. The van der Waals surface area contributed by atoms with E-state index in [1.807, 2.05) is 6.92 Å². The molecule has 1 unspecified atom stereocenters. The number of rotatable bonds is 3. The molecule has 0 saturated carbocycles. The number of anilines is 1. The number of phenolic OH excluding ortho intramolecular Hbond substituents is 1. The van der Waals surface area contributed by atoms with E-state index in [-0.39, 0.29) is 11.4 Å². The van der Waals surface area contributed by atoms with Gasteiger partial charge in [-0.1, -0.05) is 22.9 Å². The zero-order chi connectivity index (χ0) is 14.0. The van der Waals surface area contributed by atoms with E-state index in [2.05, 4.69) is 20.7 Å². The average molecular weight is 349 g/mol. The number of hydrogen-bond acceptors (Lipinski definition) is 3. The Morgan fingerprint density at radius 3 is 2.89 bits per heavy atom. The van der Waals surface area contributed by atoms with Crippen LogP contribution in [-0.4, -0.2) is 30.9 Å². The smallest absolute Gasteiger partial charge is 0.301 e. The first-order valence-electron chi connectivity index (χ1n) is 6.15. The molecule has 0 bridgehead atoms. The molecule has 2 N–H and O–H groups in total. The van der Waals surface area contributed by atoms with Crippen molar-refractivity contribution in [3.05, 3.63) is 22.7 Å². The standard InChI is InChI=1S/C12H17BrN2O3S/c1-9-3-2-6-15(8-9)19(17,18)14-11-7-10(13)4-5-12(11)16/h4-5,7,9,14,16H,2-3,6,8H2,1H3. The van der Waals surface area contributed by atoms with Crippen LogP contribution >= 0.6 is 15.9 Å². The third kappa shape index (κ3) is 3.61. The van der Waals surface area contributed by atoms with Gasteiger partial charge in [0.15, 0.2) is 0 Å². The molecule has 0 radical (unpaired) electrons. The van der Waals surface area contributed by atoms with Crippen LogP contribution in [0.1, 0.15) is 19.8 Å². The summed E-state index contributed by atoms with van der Waals surface area (Å²) in [5.41, 5.74) is 0.188. The fourth-order valence-electron chi connectivity index (χ4n) is 2.16. The summed E-state index contributed by atoms with van der Waals surface area (Å²) in [4.78, 5) is 0. The van der Waals surface area contributed by atoms with Crippen molar-refractivity contribution in [3.63, 3.8) is 0 Å². The lowest BCUT2D eigenvalue weighted by molar-refractivity contribution is 0.282. The van der Waals surface area contributed by atoms with E-state index in [9.17, 15) is 13.5 Å². The number of nitrogens with one attached hydrogen (secondary N) is 1. The van der Waals surface area contributed by atoms with Crippen molar-refractivity contribution in [2.24, 2.45) is 5.92 Å². The van der Waals surface area contributed by atoms with Crippen molar-refractivity contribution >= 4 is 31.8 Å². The van der Waals surface area contributed by atoms with Crippen LogP contribution in [-0.2, 0) is 10.2 Å². The zero-order valence-electron chi connectivity index (χ0n) is 10.6. The molecule has 1 aliphatic heterocycles. The van der Waals surface area contributed by atoms with Crippen molar-refractivity contribution in [1.29, 1.82) is 0 Å². The number of piperidine rings is 1. The van der Waals surface area contributed by atoms with Crippen LogP contribution in [0.4, 0.5) is 5.69 Å². The maximum absolute atomic E-state index is 12.3. The van der Waals surface area contributed by atoms with Gasteiger partial charge in [0.25, 0.3) is 0 Å². The molecule has 1 aliphatic rings. The molecule has 0 aliphatic carbocycles. The van der Waals surface area contributed by atoms with E-state index >= 15 is 0 Å². The fourth-order valence-corrected chi connectivity index (χ4v) is 3.91. The summed E-state index contributed by atoms with van der Waals surface area (Å²) in [6.45, 7) is 3.08. The molecule has 2 rings (SSSR count). The van der Waals surface area contributed by atoms with E-state index in [1.54, 1.807) is 12.1 Å². The SMILES string of the molecule is CC1CCCN(S(=O)(=O)Nc2cc(Br)ccc2O)C1. The second kappa shape index (κ2) is 5.68. The molecule has 1 heterocycles. The van der Waals surface area contributed by atoms with E-state index in [4.69, 9.17) is 0 Å². The average Bonchev–Trinajstić information content (AvgIpc) is 2.33. The van der Waals surface area contributed by atoms with Gasteiger partial charge >= 0.3 is 10.2 Å². The van der Waals surface area contributed by atoms with Crippen molar-refractivity contribution in [2.45, 2.75) is 19.8 Å². The van der Waals surface area contributed by atoms with Crippen molar-refractivity contribution in [3.8, 4) is 5.75 Å². The Labute approximate surface area is 121 Å². The molecule has 7 heteroatoms. The maximum atomic E-state index is 12.3. The van der Waals surface area contributed by atoms with Crippen LogP contribution in [0, 0.1) is 5.92 Å². The van der Waals surface area contributed by atoms with Crippen molar-refractivity contribution in [1.82, 2.24) is 4.31 Å². The van der Waals surface area contributed by atoms with E-state index in [0.717, 1.165) is 12.8 Å². The number of aromatic hydroxyl groups is 1. The van der Waals surface area contributed by atoms with Gasteiger partial charge in [0.1, 0.15) is 5.75 Å². The van der Waals surface area contributed by atoms with E-state index < -0.39 is 10.2 Å². The second-order valence-electron chi connectivity index (χ2n) is 4.87. The molecule has 0 spiro atoms. The Morgan fingerprint density at radius 1 is 1.47 bits per heavy atom. The Hall–Kier alpha value is -0.790. The van der Waals surface area contributed by atoms with Gasteiger partial charge in [0.05, 0.1) is 5.69 Å². The third-order valence-corrected chi connectivity index (χ3v) is 5.14. The molecule has 5 nitrogen and oxygen atoms in total. The fraction of sp³-hybridized carbons (Fsp3) is 0.500. The highest BCUT2D eigenvalue weighted by atomic mass is 79.9. The number of hydrogen-bond donors (Lipinski definition) is 2. The summed E-state index contributed by atoms with van der Waals surface area (Å²) in [5.74, 6) is 0.276. The topological polar surface area (TPSA) is 69.6 Å². The van der Waals surface area contributed by atoms with Crippen LogP contribution in [0.5, 0.6) is 5.75 Å². The summed E-state index contributed by atoms with van der Waals surface area (Å²) < 4.78 is 29.1. The first kappa shape index (κ1) is 14.6. The second-order valence-corrected chi connectivity index (χ2v) is 7.46. The largest absolute Gasteiger partial charge is 0.506 e. The molecule has 106 valence electrons. The van der Waals surface area contributed by atoms with E-state index in [1.165, 1.54) is 10.4 Å². The van der Waals surface area contributed by atoms with Gasteiger partial charge < -0.3 is 5.11 Å². The predicted molar refractivity (Wildman–Crippen MR) is 78.3 cm³/mol. The first-order valence-corrected chi connectivity index (χ1v) is 8.38. The quantitative estimate of drug-likeness (QED) is 0.824. The molecule has 1 aromatic rings. The minimum atomic E-state index is -3.61. The molecule has 1 atom stereocenters. The van der Waals surface area contributed by atoms with Gasteiger partial charge in [-0.3, -0.25) is 4.72 Å². The molecular formula is C12H17BrN2O3S. The highest BCUT2D eigenvalue weighted by Crippen LogP contribution is 2.29. The summed E-state index contributed by atoms with van der Waals surface area (Å²) in [6, 6.07) is 4.64. The summed E-state index contributed by atoms with van der Waals surface area (Å²) >= 11 is 3.25. The lowest BCUT2D eigenvalue weighted by atomic mass is 10.0. The molecule has 19 heavy (non-hydrogen) atoms. The lowest BCUT2D eigenvalue weighted by Gasteiger charge is -2.30. The van der Waals surface area contributed by atoms with Crippen molar-refractivity contribution < 1.29 is 13.5 Å². The minimum absolute atomic E-state index is 0.0863. The van der Waals surface area contributed by atoms with Gasteiger partial charge in [-0.2, -0.15) is 12.7 Å². The van der Waals surface area contributed by atoms with Gasteiger partial charge in [0.2, 0.25) is 0 Å². The van der Waals surface area contributed by atoms with Crippen LogP contribution in [0.25, 0.3) is 0 Å². The normalized spacial score (nSPS) is 21.3. The van der Waals surface area contributed by atoms with E-state index in [0.29, 0.717) is 23.5 Å². The zero-order valence-corrected chi connectivity index (χ0v) is 13.0. The molecule has 1 fully saturated rings. The number of nitrogens with zero attached hydrogens (tertiary/aromatic N) is 1. The number of benzene rings is 1. The van der Waals surface area contributed by atoms with Crippen molar-refractivity contribution in [2.75, 3.05) is 17.8 Å². The third-order valence-electron chi connectivity index (χ3n) is 3.16. The molecule has 0 amide bonds. The Kier molecular flexibility index (Phi) is 4.37. The lowest BCUT2D eigenvalue weighted by Crippen LogP contribution is -2.42. The Morgan fingerprint density at radius 2 is 2.21 bits per heavy atom. The molecular weight excluding hydrogens is 332 g/mol. The Balaban J connectivity index is 2.18. The molecule has 0 aromatic heterocycles.